The van der Waals surface area contributed by atoms with Crippen molar-refractivity contribution in [3.05, 3.63) is 52.5 Å². The molecule has 1 unspecified atom stereocenters. The van der Waals surface area contributed by atoms with E-state index in [4.69, 9.17) is 14.2 Å². The molecule has 1 atom stereocenters. The van der Waals surface area contributed by atoms with E-state index in [2.05, 4.69) is 21.2 Å². The summed E-state index contributed by atoms with van der Waals surface area (Å²) in [5.41, 5.74) is 0.890. The van der Waals surface area contributed by atoms with Crippen LogP contribution in [0.4, 0.5) is 5.69 Å². The van der Waals surface area contributed by atoms with E-state index in [1.54, 1.807) is 36.4 Å². The van der Waals surface area contributed by atoms with Crippen LogP contribution in [0.5, 0.6) is 11.5 Å². The van der Waals surface area contributed by atoms with Crippen LogP contribution in [-0.4, -0.2) is 31.7 Å². The summed E-state index contributed by atoms with van der Waals surface area (Å²) in [4.78, 5) is 24.5. The van der Waals surface area contributed by atoms with Crippen LogP contribution in [-0.2, 0) is 9.53 Å². The Morgan fingerprint density at radius 2 is 1.81 bits per heavy atom. The normalized spacial score (nSPS) is 11.4. The molecule has 0 radical (unpaired) electrons. The van der Waals surface area contributed by atoms with Gasteiger partial charge < -0.3 is 19.5 Å². The molecule has 138 valence electrons. The predicted octanol–water partition coefficient (Wildman–Crippen LogP) is 4.04. The number of methoxy groups -OCH3 is 1. The third-order valence-corrected chi connectivity index (χ3v) is 3.99. The summed E-state index contributed by atoms with van der Waals surface area (Å²) in [5.74, 6) is -0.0767. The topological polar surface area (TPSA) is 73.9 Å². The van der Waals surface area contributed by atoms with E-state index >= 15 is 0 Å². The van der Waals surface area contributed by atoms with Gasteiger partial charge in [0.25, 0.3) is 5.91 Å². The third-order valence-electron chi connectivity index (χ3n) is 3.46. The minimum absolute atomic E-state index is 0.276. The average molecular weight is 422 g/mol. The summed E-state index contributed by atoms with van der Waals surface area (Å²) >= 11 is 3.33. The second-order valence-electron chi connectivity index (χ2n) is 5.34. The maximum Gasteiger partial charge on any atom is 0.339 e. The van der Waals surface area contributed by atoms with Gasteiger partial charge in [-0.2, -0.15) is 0 Å². The van der Waals surface area contributed by atoms with E-state index < -0.39 is 18.0 Å². The zero-order valence-electron chi connectivity index (χ0n) is 14.7. The number of anilines is 1. The minimum atomic E-state index is -0.955. The number of nitrogens with one attached hydrogen (secondary N) is 1. The Labute approximate surface area is 160 Å². The number of rotatable bonds is 7. The summed E-state index contributed by atoms with van der Waals surface area (Å²) in [6, 6.07) is 11.8. The lowest BCUT2D eigenvalue weighted by Crippen LogP contribution is -2.30. The number of esters is 1. The van der Waals surface area contributed by atoms with Crippen molar-refractivity contribution in [2.75, 3.05) is 19.0 Å². The first-order valence-corrected chi connectivity index (χ1v) is 8.82. The fraction of sp³-hybridized carbons (Fsp3) is 0.263. The van der Waals surface area contributed by atoms with Crippen LogP contribution in [0.2, 0.25) is 0 Å². The second-order valence-corrected chi connectivity index (χ2v) is 6.26. The highest BCUT2D eigenvalue weighted by Crippen LogP contribution is 2.28. The van der Waals surface area contributed by atoms with E-state index in [1.165, 1.54) is 20.1 Å². The first-order valence-electron chi connectivity index (χ1n) is 8.02. The fourth-order valence-electron chi connectivity index (χ4n) is 2.13. The summed E-state index contributed by atoms with van der Waals surface area (Å²) in [6.45, 7) is 3.78. The van der Waals surface area contributed by atoms with Crippen LogP contribution in [0, 0.1) is 0 Å². The van der Waals surface area contributed by atoms with Crippen molar-refractivity contribution in [2.24, 2.45) is 0 Å². The Morgan fingerprint density at radius 3 is 2.42 bits per heavy atom. The molecule has 2 rings (SSSR count). The molecule has 1 N–H and O–H groups in total. The molecule has 2 aromatic rings. The first kappa shape index (κ1) is 19.8. The Hall–Kier alpha value is -2.54. The minimum Gasteiger partial charge on any atom is -0.493 e. The van der Waals surface area contributed by atoms with Gasteiger partial charge in [-0.05, 0) is 56.3 Å². The second kappa shape index (κ2) is 9.24. The lowest BCUT2D eigenvalue weighted by atomic mass is 10.2. The van der Waals surface area contributed by atoms with Crippen molar-refractivity contribution in [1.29, 1.82) is 0 Å². The van der Waals surface area contributed by atoms with Crippen LogP contribution < -0.4 is 14.8 Å². The third kappa shape index (κ3) is 5.23. The van der Waals surface area contributed by atoms with Crippen molar-refractivity contribution in [3.63, 3.8) is 0 Å². The molecule has 0 aromatic heterocycles. The lowest BCUT2D eigenvalue weighted by Gasteiger charge is -2.15. The van der Waals surface area contributed by atoms with Crippen molar-refractivity contribution >= 4 is 33.5 Å². The van der Waals surface area contributed by atoms with Crippen LogP contribution in [0.25, 0.3) is 0 Å². The number of amides is 1. The van der Waals surface area contributed by atoms with Gasteiger partial charge in [-0.15, -0.1) is 0 Å². The highest BCUT2D eigenvalue weighted by atomic mass is 79.9. The van der Waals surface area contributed by atoms with Crippen LogP contribution >= 0.6 is 15.9 Å². The summed E-state index contributed by atoms with van der Waals surface area (Å²) in [7, 11) is 1.52. The number of ether oxygens (including phenoxy) is 3. The molecule has 2 aromatic carbocycles. The molecule has 0 heterocycles. The molecule has 1 amide bonds. The molecule has 0 spiro atoms. The monoisotopic (exact) mass is 421 g/mol. The van der Waals surface area contributed by atoms with Crippen LogP contribution in [0.15, 0.2) is 46.9 Å². The largest absolute Gasteiger partial charge is 0.493 e. The first-order chi connectivity index (χ1) is 12.4. The molecule has 7 heteroatoms. The molecule has 0 bridgehead atoms. The fourth-order valence-corrected chi connectivity index (χ4v) is 2.40. The Balaban J connectivity index is 2.02. The van der Waals surface area contributed by atoms with Gasteiger partial charge in [0.15, 0.2) is 17.6 Å². The van der Waals surface area contributed by atoms with Crippen molar-refractivity contribution in [3.8, 4) is 11.5 Å². The SMILES string of the molecule is CCOc1cc(C(=O)OC(C)C(=O)Nc2ccc(Br)cc2)ccc1OC. The number of carbonyl (C=O) groups excluding carboxylic acids is 2. The molecule has 6 nitrogen and oxygen atoms in total. The van der Waals surface area contributed by atoms with Gasteiger partial charge in [-0.25, -0.2) is 4.79 Å². The molecular weight excluding hydrogens is 402 g/mol. The molecule has 0 aliphatic rings. The highest BCUT2D eigenvalue weighted by Gasteiger charge is 2.20. The molecule has 26 heavy (non-hydrogen) atoms. The zero-order valence-corrected chi connectivity index (χ0v) is 16.3. The summed E-state index contributed by atoms with van der Waals surface area (Å²) < 4.78 is 16.8. The van der Waals surface area contributed by atoms with Crippen LogP contribution in [0.1, 0.15) is 24.2 Å². The van der Waals surface area contributed by atoms with E-state index in [0.717, 1.165) is 4.47 Å². The van der Waals surface area contributed by atoms with E-state index in [-0.39, 0.29) is 5.56 Å². The molecular formula is C19H20BrNO5. The van der Waals surface area contributed by atoms with Gasteiger partial charge in [-0.3, -0.25) is 4.79 Å². The maximum absolute atomic E-state index is 12.3. The van der Waals surface area contributed by atoms with Crippen LogP contribution in [0.3, 0.4) is 0 Å². The van der Waals surface area contributed by atoms with Gasteiger partial charge in [-0.1, -0.05) is 15.9 Å². The molecule has 0 aliphatic heterocycles. The van der Waals surface area contributed by atoms with E-state index in [0.29, 0.717) is 23.8 Å². The Kier molecular flexibility index (Phi) is 7.03. The van der Waals surface area contributed by atoms with Gasteiger partial charge in [0.05, 0.1) is 19.3 Å². The standard InChI is InChI=1S/C19H20BrNO5/c1-4-25-17-11-13(5-10-16(17)24-3)19(23)26-12(2)18(22)21-15-8-6-14(20)7-9-15/h5-12H,4H2,1-3H3,(H,21,22). The van der Waals surface area contributed by atoms with Gasteiger partial charge >= 0.3 is 5.97 Å². The molecule has 0 saturated carbocycles. The highest BCUT2D eigenvalue weighted by molar-refractivity contribution is 9.10. The van der Waals surface area contributed by atoms with Gasteiger partial charge in [0.2, 0.25) is 0 Å². The summed E-state index contributed by atoms with van der Waals surface area (Å²) in [6.07, 6.45) is -0.955. The van der Waals surface area contributed by atoms with E-state index in [1.807, 2.05) is 6.92 Å². The maximum atomic E-state index is 12.3. The zero-order chi connectivity index (χ0) is 19.1. The Bertz CT molecular complexity index is 776. The van der Waals surface area contributed by atoms with E-state index in [9.17, 15) is 9.59 Å². The predicted molar refractivity (Wildman–Crippen MR) is 102 cm³/mol. The quantitative estimate of drug-likeness (QED) is 0.682. The smallest absolute Gasteiger partial charge is 0.339 e. The van der Waals surface area contributed by atoms with Crippen molar-refractivity contribution in [2.45, 2.75) is 20.0 Å². The molecule has 0 aliphatic carbocycles. The average Bonchev–Trinajstić information content (AvgIpc) is 2.63. The number of carbonyl (C=O) groups is 2. The number of hydrogen-bond acceptors (Lipinski definition) is 5. The van der Waals surface area contributed by atoms with Crippen molar-refractivity contribution < 1.29 is 23.8 Å². The Morgan fingerprint density at radius 1 is 1.12 bits per heavy atom. The number of hydrogen-bond donors (Lipinski definition) is 1. The van der Waals surface area contributed by atoms with Crippen molar-refractivity contribution in [1.82, 2.24) is 0 Å². The number of halogens is 1. The molecule has 0 saturated heterocycles. The van der Waals surface area contributed by atoms with Gasteiger partial charge in [0.1, 0.15) is 0 Å². The summed E-state index contributed by atoms with van der Waals surface area (Å²) in [5, 5.41) is 2.69. The number of benzene rings is 2. The van der Waals surface area contributed by atoms with Gasteiger partial charge in [0, 0.05) is 10.2 Å². The molecule has 0 fully saturated rings. The lowest BCUT2D eigenvalue weighted by molar-refractivity contribution is -0.123.